The van der Waals surface area contributed by atoms with Gasteiger partial charge in [-0.3, -0.25) is 9.97 Å². The van der Waals surface area contributed by atoms with E-state index in [4.69, 9.17) is 38.6 Å². The molecular weight excluding hydrogens is 825 g/mol. The number of pyridine rings is 2. The third-order valence-corrected chi connectivity index (χ3v) is 15.5. The Hall–Kier alpha value is -4.18. The minimum atomic E-state index is -0.673. The van der Waals surface area contributed by atoms with Crippen molar-refractivity contribution in [2.45, 2.75) is 125 Å². The molecule has 4 aliphatic rings. The molecule has 0 radical (unpaired) electrons. The van der Waals surface area contributed by atoms with Crippen molar-refractivity contribution in [3.8, 4) is 11.5 Å². The predicted molar refractivity (Wildman–Crippen MR) is 238 cm³/mol. The van der Waals surface area contributed by atoms with E-state index in [2.05, 4.69) is 12.1 Å². The normalized spacial score (nSPS) is 23.1. The van der Waals surface area contributed by atoms with Gasteiger partial charge in [0.25, 0.3) is 0 Å². The van der Waals surface area contributed by atoms with Crippen molar-refractivity contribution in [3.05, 3.63) is 105 Å². The van der Waals surface area contributed by atoms with E-state index in [0.29, 0.717) is 52.2 Å². The molecule has 12 nitrogen and oxygen atoms in total. The topological polar surface area (TPSA) is 122 Å². The van der Waals surface area contributed by atoms with E-state index in [-0.39, 0.29) is 22.0 Å². The molecule has 6 heterocycles. The number of hydrogen-bond acceptors (Lipinski definition) is 14. The molecule has 14 heteroatoms. The maximum Gasteiger partial charge on any atom is 0.349 e. The second-order valence-corrected chi connectivity index (χ2v) is 19.5. The van der Waals surface area contributed by atoms with Crippen LogP contribution in [0.2, 0.25) is 0 Å². The predicted octanol–water partition coefficient (Wildman–Crippen LogP) is 9.30. The quantitative estimate of drug-likeness (QED) is 0.0700. The van der Waals surface area contributed by atoms with Gasteiger partial charge in [-0.25, -0.2) is 9.59 Å². The van der Waals surface area contributed by atoms with Crippen molar-refractivity contribution < 1.29 is 38.2 Å². The van der Waals surface area contributed by atoms with Crippen LogP contribution in [0.3, 0.4) is 0 Å². The first-order valence-electron chi connectivity index (χ1n) is 22.2. The van der Waals surface area contributed by atoms with Crippen molar-refractivity contribution >= 4 is 34.6 Å². The van der Waals surface area contributed by atoms with Crippen LogP contribution in [0.15, 0.2) is 83.8 Å². The largest absolute Gasteiger partial charge is 0.496 e. The van der Waals surface area contributed by atoms with Gasteiger partial charge in [0.15, 0.2) is 0 Å². The first-order valence-corrected chi connectivity index (χ1v) is 23.9. The molecule has 332 valence electrons. The molecule has 4 fully saturated rings. The van der Waals surface area contributed by atoms with Crippen LogP contribution >= 0.6 is 22.7 Å². The van der Waals surface area contributed by atoms with Crippen molar-refractivity contribution in [1.82, 2.24) is 20.1 Å². The van der Waals surface area contributed by atoms with E-state index in [1.54, 1.807) is 47.0 Å². The van der Waals surface area contributed by atoms with Gasteiger partial charge >= 0.3 is 11.9 Å². The number of aromatic nitrogens is 2. The highest BCUT2D eigenvalue weighted by atomic mass is 32.1. The molecule has 0 N–H and O–H groups in total. The summed E-state index contributed by atoms with van der Waals surface area (Å²) in [5.41, 5.74) is 1.29. The molecule has 4 aromatic heterocycles. The zero-order valence-corrected chi connectivity index (χ0v) is 37.7. The van der Waals surface area contributed by atoms with Gasteiger partial charge in [-0.1, -0.05) is 37.8 Å². The number of carbonyl (C=O) groups is 2. The molecule has 0 unspecified atom stereocenters. The van der Waals surface area contributed by atoms with Gasteiger partial charge in [-0.05, 0) is 111 Å². The van der Waals surface area contributed by atoms with Gasteiger partial charge in [0.2, 0.25) is 0 Å². The molecule has 2 atom stereocenters. The van der Waals surface area contributed by atoms with Gasteiger partial charge in [0, 0.05) is 73.1 Å². The lowest BCUT2D eigenvalue weighted by Gasteiger charge is -2.47. The van der Waals surface area contributed by atoms with Crippen LogP contribution < -0.4 is 9.47 Å². The lowest BCUT2D eigenvalue weighted by molar-refractivity contribution is -0.192. The third-order valence-electron chi connectivity index (χ3n) is 13.7. The molecule has 0 amide bonds. The molecule has 0 aromatic carbocycles. The van der Waals surface area contributed by atoms with E-state index < -0.39 is 11.9 Å². The standard InChI is InChI=1S/C48H60N4O8S2/c1-55-37-15-31-61-39(37)33-51(27-21-45(41-11-3-9-25-49-41)23-29-57-47(35-45)17-5-6-18-47)59-43(53)13-14-44(54)60-52(34-40-38(56-2)16-32-62-40)28-22-46(42-12-4-10-26-50-42)24-30-58-48(36-46)19-7-8-20-48/h3-4,9-16,25-26,31-32H,5-8,17-24,27-30,33-36H2,1-2H3/b14-13-/t45-,46-/m1/s1. The Bertz CT molecular complexity index is 1950. The highest BCUT2D eigenvalue weighted by Crippen LogP contribution is 2.51. The minimum absolute atomic E-state index is 0.151. The van der Waals surface area contributed by atoms with Crippen LogP contribution in [0.5, 0.6) is 11.5 Å². The van der Waals surface area contributed by atoms with Crippen molar-refractivity contribution in [2.75, 3.05) is 40.5 Å². The second kappa shape index (κ2) is 20.1. The van der Waals surface area contributed by atoms with Crippen LogP contribution in [0.1, 0.15) is 111 Å². The van der Waals surface area contributed by atoms with Crippen molar-refractivity contribution in [3.63, 3.8) is 0 Å². The van der Waals surface area contributed by atoms with Crippen LogP contribution in [0, 0.1) is 0 Å². The summed E-state index contributed by atoms with van der Waals surface area (Å²) in [6.07, 6.45) is 19.7. The molecule has 2 saturated heterocycles. The molecule has 2 saturated carbocycles. The Morgan fingerprint density at radius 1 is 0.645 bits per heavy atom. The van der Waals surface area contributed by atoms with E-state index in [9.17, 15) is 9.59 Å². The molecular formula is C48H60N4O8S2. The number of hydroxylamine groups is 4. The lowest BCUT2D eigenvalue weighted by atomic mass is 9.68. The number of carbonyl (C=O) groups excluding carboxylic acids is 2. The molecule has 0 bridgehead atoms. The molecule has 4 aromatic rings. The summed E-state index contributed by atoms with van der Waals surface area (Å²) >= 11 is 3.08. The van der Waals surface area contributed by atoms with Crippen LogP contribution in [0.25, 0.3) is 0 Å². The highest BCUT2D eigenvalue weighted by Gasteiger charge is 2.50. The summed E-state index contributed by atoms with van der Waals surface area (Å²) in [6.45, 7) is 2.86. The number of rotatable bonds is 18. The highest BCUT2D eigenvalue weighted by molar-refractivity contribution is 7.10. The first-order chi connectivity index (χ1) is 30.2. The second-order valence-electron chi connectivity index (χ2n) is 17.5. The van der Waals surface area contributed by atoms with Gasteiger partial charge < -0.3 is 28.6 Å². The Kier molecular flexibility index (Phi) is 14.4. The van der Waals surface area contributed by atoms with Gasteiger partial charge in [0.05, 0.1) is 48.3 Å². The molecule has 62 heavy (non-hydrogen) atoms. The summed E-state index contributed by atoms with van der Waals surface area (Å²) in [4.78, 5) is 51.1. The van der Waals surface area contributed by atoms with E-state index in [1.807, 2.05) is 59.6 Å². The molecule has 8 rings (SSSR count). The smallest absolute Gasteiger partial charge is 0.349 e. The zero-order chi connectivity index (χ0) is 42.9. The summed E-state index contributed by atoms with van der Waals surface area (Å²) in [6, 6.07) is 16.1. The molecule has 2 aliphatic carbocycles. The van der Waals surface area contributed by atoms with Gasteiger partial charge in [0.1, 0.15) is 11.5 Å². The number of thiophene rings is 2. The summed E-state index contributed by atoms with van der Waals surface area (Å²) < 4.78 is 24.3. The number of ether oxygens (including phenoxy) is 4. The Morgan fingerprint density at radius 3 is 1.47 bits per heavy atom. The fourth-order valence-corrected chi connectivity index (χ4v) is 12.3. The van der Waals surface area contributed by atoms with Crippen LogP contribution in [-0.4, -0.2) is 83.8 Å². The summed E-state index contributed by atoms with van der Waals surface area (Å²) in [5, 5.41) is 7.30. The fourth-order valence-electron chi connectivity index (χ4n) is 10.6. The van der Waals surface area contributed by atoms with Crippen LogP contribution in [-0.2, 0) is 52.7 Å². The van der Waals surface area contributed by atoms with Crippen molar-refractivity contribution in [1.29, 1.82) is 0 Å². The van der Waals surface area contributed by atoms with Gasteiger partial charge in [-0.15, -0.1) is 32.8 Å². The maximum atomic E-state index is 13.7. The number of nitrogens with zero attached hydrogens (tertiary/aromatic N) is 4. The Labute approximate surface area is 373 Å². The average molecular weight is 885 g/mol. The lowest BCUT2D eigenvalue weighted by Crippen LogP contribution is -2.48. The van der Waals surface area contributed by atoms with Crippen LogP contribution in [0.4, 0.5) is 0 Å². The Balaban J connectivity index is 0.975. The molecule has 2 spiro atoms. The van der Waals surface area contributed by atoms with E-state index >= 15 is 0 Å². The maximum absolute atomic E-state index is 13.7. The number of hydrogen-bond donors (Lipinski definition) is 0. The fraction of sp³-hybridized carbons (Fsp3) is 0.542. The molecule has 2 aliphatic heterocycles. The monoisotopic (exact) mass is 884 g/mol. The van der Waals surface area contributed by atoms with E-state index in [1.165, 1.54) is 0 Å². The first kappa shape index (κ1) is 44.4. The average Bonchev–Trinajstić information content (AvgIpc) is 4.14. The zero-order valence-electron chi connectivity index (χ0n) is 36.1. The number of methoxy groups -OCH3 is 2. The third kappa shape index (κ3) is 10.4. The summed E-state index contributed by atoms with van der Waals surface area (Å²) in [7, 11) is 3.28. The Morgan fingerprint density at radius 2 is 1.08 bits per heavy atom. The summed E-state index contributed by atoms with van der Waals surface area (Å²) in [5.74, 6) is 0.121. The van der Waals surface area contributed by atoms with E-state index in [0.717, 1.165) is 122 Å². The minimum Gasteiger partial charge on any atom is -0.496 e. The van der Waals surface area contributed by atoms with Gasteiger partial charge in [-0.2, -0.15) is 0 Å². The SMILES string of the molecule is COc1ccsc1CN(CC[C@@]1(c2ccccn2)CCOC2(CCCC2)C1)OC(=O)/C=C\C(=O)ON(CC[C@@]1(c2ccccn2)CCOC2(CCCC2)C1)Cc1sccc1OC. The van der Waals surface area contributed by atoms with Crippen molar-refractivity contribution in [2.24, 2.45) is 0 Å².